The topological polar surface area (TPSA) is 80.4 Å². The molecule has 0 aromatic carbocycles. The average Bonchev–Trinajstić information content (AvgIpc) is 2.87. The molecule has 2 heterocycles. The van der Waals surface area contributed by atoms with Gasteiger partial charge in [0, 0.05) is 26.2 Å². The molecule has 1 fully saturated rings. The predicted octanol–water partition coefficient (Wildman–Crippen LogP) is 1.39. The third-order valence-electron chi connectivity index (χ3n) is 4.03. The van der Waals surface area contributed by atoms with Crippen LogP contribution in [0.3, 0.4) is 0 Å². The Morgan fingerprint density at radius 1 is 1.52 bits per heavy atom. The van der Waals surface area contributed by atoms with Crippen molar-refractivity contribution in [3.8, 4) is 0 Å². The first-order chi connectivity index (χ1) is 10.0. The van der Waals surface area contributed by atoms with Crippen molar-refractivity contribution in [3.63, 3.8) is 0 Å². The van der Waals surface area contributed by atoms with Crippen LogP contribution in [0.5, 0.6) is 0 Å². The first-order valence-electron chi connectivity index (χ1n) is 7.33. The molecular formula is C14H22N4O3. The Bertz CT molecular complexity index is 520. The molecule has 0 bridgehead atoms. The number of nitrogens with one attached hydrogen (secondary N) is 1. The van der Waals surface area contributed by atoms with Gasteiger partial charge in [0.15, 0.2) is 0 Å². The summed E-state index contributed by atoms with van der Waals surface area (Å²) in [6.45, 7) is 5.26. The van der Waals surface area contributed by atoms with Gasteiger partial charge in [-0.3, -0.25) is 14.9 Å². The molecule has 1 aromatic heterocycles. The average molecular weight is 294 g/mol. The lowest BCUT2D eigenvalue weighted by atomic mass is 9.97. The van der Waals surface area contributed by atoms with Crippen molar-refractivity contribution in [2.75, 3.05) is 26.2 Å². The molecule has 21 heavy (non-hydrogen) atoms. The summed E-state index contributed by atoms with van der Waals surface area (Å²) in [6.07, 6.45) is 3.51. The van der Waals surface area contributed by atoms with Crippen LogP contribution in [0.15, 0.2) is 12.3 Å². The fraction of sp³-hybridized carbons (Fsp3) is 0.643. The molecule has 0 saturated carbocycles. The van der Waals surface area contributed by atoms with Crippen molar-refractivity contribution in [2.45, 2.75) is 19.8 Å². The summed E-state index contributed by atoms with van der Waals surface area (Å²) in [4.78, 5) is 24.7. The van der Waals surface area contributed by atoms with Gasteiger partial charge in [0.1, 0.15) is 5.69 Å². The van der Waals surface area contributed by atoms with Crippen molar-refractivity contribution < 1.29 is 9.72 Å². The SMILES string of the molecule is CCN(CC1CCNCC1)C(=O)c1cc([N+](=O)[O-])cn1C. The summed E-state index contributed by atoms with van der Waals surface area (Å²) in [7, 11) is 1.67. The van der Waals surface area contributed by atoms with Gasteiger partial charge < -0.3 is 14.8 Å². The highest BCUT2D eigenvalue weighted by atomic mass is 16.6. The second-order valence-electron chi connectivity index (χ2n) is 5.49. The zero-order valence-corrected chi connectivity index (χ0v) is 12.5. The Labute approximate surface area is 124 Å². The molecule has 116 valence electrons. The maximum absolute atomic E-state index is 12.6. The van der Waals surface area contributed by atoms with Gasteiger partial charge in [-0.25, -0.2) is 0 Å². The van der Waals surface area contributed by atoms with Gasteiger partial charge in [-0.15, -0.1) is 0 Å². The summed E-state index contributed by atoms with van der Waals surface area (Å²) < 4.78 is 1.53. The fourth-order valence-corrected chi connectivity index (χ4v) is 2.75. The van der Waals surface area contributed by atoms with E-state index >= 15 is 0 Å². The van der Waals surface area contributed by atoms with Gasteiger partial charge in [0.25, 0.3) is 11.6 Å². The van der Waals surface area contributed by atoms with Crippen LogP contribution >= 0.6 is 0 Å². The lowest BCUT2D eigenvalue weighted by Gasteiger charge is -2.29. The summed E-state index contributed by atoms with van der Waals surface area (Å²) >= 11 is 0. The van der Waals surface area contributed by atoms with Crippen LogP contribution in [0.1, 0.15) is 30.3 Å². The second kappa shape index (κ2) is 6.71. The molecule has 1 aliphatic heterocycles. The number of piperidine rings is 1. The summed E-state index contributed by atoms with van der Waals surface area (Å²) in [5, 5.41) is 14.1. The molecule has 1 aromatic rings. The standard InChI is InChI=1S/C14H22N4O3/c1-3-17(9-11-4-6-15-7-5-11)14(19)13-8-12(18(20)21)10-16(13)2/h8,10-11,15H,3-7,9H2,1-2H3. The molecule has 7 nitrogen and oxygen atoms in total. The van der Waals surface area contributed by atoms with Crippen LogP contribution in [-0.2, 0) is 7.05 Å². The van der Waals surface area contributed by atoms with E-state index in [1.807, 2.05) is 6.92 Å². The number of hydrogen-bond acceptors (Lipinski definition) is 4. The molecule has 1 amide bonds. The van der Waals surface area contributed by atoms with Gasteiger partial charge >= 0.3 is 0 Å². The van der Waals surface area contributed by atoms with Crippen molar-refractivity contribution in [1.82, 2.24) is 14.8 Å². The van der Waals surface area contributed by atoms with Crippen molar-refractivity contribution in [1.29, 1.82) is 0 Å². The largest absolute Gasteiger partial charge is 0.340 e. The number of amides is 1. The zero-order chi connectivity index (χ0) is 15.4. The molecule has 1 N–H and O–H groups in total. The molecule has 0 radical (unpaired) electrons. The van der Waals surface area contributed by atoms with Gasteiger partial charge in [0.05, 0.1) is 11.1 Å². The highest BCUT2D eigenvalue weighted by Crippen LogP contribution is 2.19. The summed E-state index contributed by atoms with van der Waals surface area (Å²) in [5.74, 6) is 0.372. The van der Waals surface area contributed by atoms with E-state index in [0.29, 0.717) is 18.2 Å². The van der Waals surface area contributed by atoms with E-state index in [0.717, 1.165) is 32.5 Å². The van der Waals surface area contributed by atoms with E-state index in [9.17, 15) is 14.9 Å². The maximum atomic E-state index is 12.6. The Kier molecular flexibility index (Phi) is 4.95. The third kappa shape index (κ3) is 3.60. The van der Waals surface area contributed by atoms with Crippen molar-refractivity contribution >= 4 is 11.6 Å². The first kappa shape index (κ1) is 15.5. The molecule has 7 heteroatoms. The van der Waals surface area contributed by atoms with Crippen LogP contribution in [0.25, 0.3) is 0 Å². The van der Waals surface area contributed by atoms with E-state index in [4.69, 9.17) is 0 Å². The number of nitro groups is 1. The minimum Gasteiger partial charge on any atom is -0.340 e. The number of hydrogen-bond donors (Lipinski definition) is 1. The Hall–Kier alpha value is -1.89. The Balaban J connectivity index is 2.10. The normalized spacial score (nSPS) is 15.9. The molecule has 2 rings (SSSR count). The van der Waals surface area contributed by atoms with E-state index in [1.165, 1.54) is 16.8 Å². The van der Waals surface area contributed by atoms with Crippen molar-refractivity contribution in [3.05, 3.63) is 28.1 Å². The van der Waals surface area contributed by atoms with Gasteiger partial charge in [-0.1, -0.05) is 0 Å². The minimum absolute atomic E-state index is 0.0428. The molecule has 0 aliphatic carbocycles. The molecule has 0 unspecified atom stereocenters. The van der Waals surface area contributed by atoms with Gasteiger partial charge in [-0.05, 0) is 38.8 Å². The van der Waals surface area contributed by atoms with E-state index in [1.54, 1.807) is 11.9 Å². The zero-order valence-electron chi connectivity index (χ0n) is 12.5. The lowest BCUT2D eigenvalue weighted by molar-refractivity contribution is -0.384. The lowest BCUT2D eigenvalue weighted by Crippen LogP contribution is -2.39. The maximum Gasteiger partial charge on any atom is 0.287 e. The molecular weight excluding hydrogens is 272 g/mol. The van der Waals surface area contributed by atoms with Crippen LogP contribution in [0.2, 0.25) is 0 Å². The first-order valence-corrected chi connectivity index (χ1v) is 7.33. The smallest absolute Gasteiger partial charge is 0.287 e. The summed E-state index contributed by atoms with van der Waals surface area (Å²) in [5.41, 5.74) is 0.330. The highest BCUT2D eigenvalue weighted by molar-refractivity contribution is 5.93. The van der Waals surface area contributed by atoms with Crippen LogP contribution in [0.4, 0.5) is 5.69 Å². The highest BCUT2D eigenvalue weighted by Gasteiger charge is 2.24. The van der Waals surface area contributed by atoms with Crippen LogP contribution in [0, 0.1) is 16.0 Å². The number of carbonyl (C=O) groups excluding carboxylic acids is 1. The Morgan fingerprint density at radius 2 is 2.19 bits per heavy atom. The Morgan fingerprint density at radius 3 is 2.71 bits per heavy atom. The third-order valence-corrected chi connectivity index (χ3v) is 4.03. The van der Waals surface area contributed by atoms with E-state index < -0.39 is 4.92 Å². The molecule has 1 saturated heterocycles. The quantitative estimate of drug-likeness (QED) is 0.657. The number of nitrogens with zero attached hydrogens (tertiary/aromatic N) is 3. The number of carbonyl (C=O) groups is 1. The second-order valence-corrected chi connectivity index (χ2v) is 5.49. The van der Waals surface area contributed by atoms with Gasteiger partial charge in [0.2, 0.25) is 0 Å². The monoisotopic (exact) mass is 294 g/mol. The van der Waals surface area contributed by atoms with E-state index in [-0.39, 0.29) is 11.6 Å². The number of rotatable bonds is 5. The van der Waals surface area contributed by atoms with Crippen LogP contribution in [-0.4, -0.2) is 46.5 Å². The van der Waals surface area contributed by atoms with Crippen LogP contribution < -0.4 is 5.32 Å². The summed E-state index contributed by atoms with van der Waals surface area (Å²) in [6, 6.07) is 1.35. The molecule has 0 spiro atoms. The number of aryl methyl sites for hydroxylation is 1. The van der Waals surface area contributed by atoms with Crippen molar-refractivity contribution in [2.24, 2.45) is 13.0 Å². The minimum atomic E-state index is -0.472. The van der Waals surface area contributed by atoms with E-state index in [2.05, 4.69) is 5.32 Å². The predicted molar refractivity (Wildman–Crippen MR) is 79.2 cm³/mol. The molecule has 0 atom stereocenters. The fourth-order valence-electron chi connectivity index (χ4n) is 2.75. The van der Waals surface area contributed by atoms with Gasteiger partial charge in [-0.2, -0.15) is 0 Å². The molecule has 1 aliphatic rings. The number of aromatic nitrogens is 1.